The summed E-state index contributed by atoms with van der Waals surface area (Å²) in [6, 6.07) is 10.8. The fourth-order valence-electron chi connectivity index (χ4n) is 2.92. The van der Waals surface area contributed by atoms with Gasteiger partial charge in [0.2, 0.25) is 0 Å². The Kier molecular flexibility index (Phi) is 4.36. The van der Waals surface area contributed by atoms with Gasteiger partial charge in [0.25, 0.3) is 0 Å². The first-order valence-corrected chi connectivity index (χ1v) is 10.1. The Labute approximate surface area is 156 Å². The number of hydrogen-bond donors (Lipinski definition) is 0. The average molecular weight is 380 g/mol. The lowest BCUT2D eigenvalue weighted by atomic mass is 10.0. The largest absolute Gasteiger partial charge is 0.266 e. The number of sulfone groups is 1. The Morgan fingerprint density at radius 1 is 1.15 bits per heavy atom. The van der Waals surface area contributed by atoms with Gasteiger partial charge in [-0.05, 0) is 23.8 Å². The number of amidine groups is 1. The molecule has 0 amide bonds. The van der Waals surface area contributed by atoms with Crippen LogP contribution < -0.4 is 0 Å². The summed E-state index contributed by atoms with van der Waals surface area (Å²) < 4.78 is 26.3. The van der Waals surface area contributed by atoms with Crippen LogP contribution in [0.5, 0.6) is 0 Å². The Hall–Kier alpha value is -3.20. The summed E-state index contributed by atoms with van der Waals surface area (Å²) in [6.45, 7) is 0.717. The number of hydrogen-bond acceptors (Lipinski definition) is 7. The first-order chi connectivity index (χ1) is 13.0. The van der Waals surface area contributed by atoms with Gasteiger partial charge < -0.3 is 0 Å². The van der Waals surface area contributed by atoms with E-state index in [0.29, 0.717) is 23.5 Å². The van der Waals surface area contributed by atoms with Crippen molar-refractivity contribution in [2.75, 3.05) is 12.9 Å². The van der Waals surface area contributed by atoms with Gasteiger partial charge in [-0.3, -0.25) is 9.67 Å². The maximum atomic E-state index is 12.3. The molecule has 8 nitrogen and oxygen atoms in total. The fraction of sp³-hybridized carbons (Fsp3) is 0.167. The predicted molar refractivity (Wildman–Crippen MR) is 100 cm³/mol. The number of aliphatic imine (C=N–C) groups is 1. The molecule has 0 N–H and O–H groups in total. The van der Waals surface area contributed by atoms with E-state index < -0.39 is 9.84 Å². The molecule has 1 aromatic carbocycles. The van der Waals surface area contributed by atoms with E-state index in [1.807, 2.05) is 30.5 Å². The summed E-state index contributed by atoms with van der Waals surface area (Å²) in [7, 11) is -3.46. The van der Waals surface area contributed by atoms with Gasteiger partial charge in [0.15, 0.2) is 22.3 Å². The van der Waals surface area contributed by atoms with Gasteiger partial charge in [0.1, 0.15) is 0 Å². The molecule has 1 aliphatic rings. The Balaban J connectivity index is 1.79. The van der Waals surface area contributed by atoms with Crippen LogP contribution in [0.25, 0.3) is 11.1 Å². The zero-order valence-corrected chi connectivity index (χ0v) is 15.3. The molecular weight excluding hydrogens is 364 g/mol. The van der Waals surface area contributed by atoms with Crippen LogP contribution >= 0.6 is 0 Å². The van der Waals surface area contributed by atoms with Gasteiger partial charge in [0.05, 0.1) is 23.3 Å². The zero-order valence-electron chi connectivity index (χ0n) is 14.5. The van der Waals surface area contributed by atoms with Crippen LogP contribution in [0.2, 0.25) is 0 Å². The minimum absolute atomic E-state index is 0.178. The summed E-state index contributed by atoms with van der Waals surface area (Å²) in [5.74, 6) is 0.323. The standard InChI is InChI=1S/C18H16N6O2S/c1-27(25,26)16-7-4-6-15(17(16)18-20-12-21-23-18)13-9-22-24(10-13)11-14-5-2-3-8-19-14/h2-10H,11-12H2,1H3. The van der Waals surface area contributed by atoms with E-state index in [4.69, 9.17) is 0 Å². The second-order valence-electron chi connectivity index (χ2n) is 6.06. The molecule has 0 saturated heterocycles. The maximum Gasteiger partial charge on any atom is 0.180 e. The molecule has 0 fully saturated rings. The monoisotopic (exact) mass is 380 g/mol. The van der Waals surface area contributed by atoms with Crippen molar-refractivity contribution >= 4 is 15.7 Å². The topological polar surface area (TPSA) is 102 Å². The molecular formula is C18H16N6O2S. The number of pyridine rings is 1. The minimum Gasteiger partial charge on any atom is -0.266 e. The van der Waals surface area contributed by atoms with E-state index in [1.165, 1.54) is 6.26 Å². The highest BCUT2D eigenvalue weighted by molar-refractivity contribution is 7.90. The Bertz CT molecular complexity index is 1150. The molecule has 0 unspecified atom stereocenters. The number of aromatic nitrogens is 3. The van der Waals surface area contributed by atoms with E-state index in [-0.39, 0.29) is 11.6 Å². The van der Waals surface area contributed by atoms with Crippen molar-refractivity contribution < 1.29 is 8.42 Å². The van der Waals surface area contributed by atoms with E-state index >= 15 is 0 Å². The molecule has 4 rings (SSSR count). The Morgan fingerprint density at radius 2 is 2.04 bits per heavy atom. The van der Waals surface area contributed by atoms with Crippen molar-refractivity contribution in [2.45, 2.75) is 11.4 Å². The highest BCUT2D eigenvalue weighted by Crippen LogP contribution is 2.30. The first-order valence-electron chi connectivity index (χ1n) is 8.20. The van der Waals surface area contributed by atoms with Gasteiger partial charge in [-0.25, -0.2) is 13.4 Å². The van der Waals surface area contributed by atoms with Crippen LogP contribution in [0, 0.1) is 0 Å². The highest BCUT2D eigenvalue weighted by atomic mass is 32.2. The van der Waals surface area contributed by atoms with E-state index in [9.17, 15) is 8.42 Å². The number of rotatable bonds is 5. The quantitative estimate of drug-likeness (QED) is 0.679. The van der Waals surface area contributed by atoms with Crippen molar-refractivity contribution in [1.29, 1.82) is 0 Å². The van der Waals surface area contributed by atoms with Gasteiger partial charge in [-0.2, -0.15) is 10.2 Å². The minimum atomic E-state index is -3.46. The SMILES string of the molecule is CS(=O)(=O)c1cccc(-c2cnn(Cc3ccccn3)c2)c1C1=NCN=N1. The predicted octanol–water partition coefficient (Wildman–Crippen LogP) is 2.57. The van der Waals surface area contributed by atoms with E-state index in [1.54, 1.807) is 29.2 Å². The van der Waals surface area contributed by atoms with E-state index in [0.717, 1.165) is 11.3 Å². The first kappa shape index (κ1) is 17.2. The summed E-state index contributed by atoms with van der Waals surface area (Å²) in [5.41, 5.74) is 2.81. The molecule has 0 atom stereocenters. The molecule has 0 saturated carbocycles. The molecule has 0 aliphatic carbocycles. The fourth-order valence-corrected chi connectivity index (χ4v) is 3.81. The van der Waals surface area contributed by atoms with Gasteiger partial charge >= 0.3 is 0 Å². The summed E-state index contributed by atoms with van der Waals surface area (Å²) >= 11 is 0. The lowest BCUT2D eigenvalue weighted by Crippen LogP contribution is -2.08. The third-order valence-corrected chi connectivity index (χ3v) is 5.23. The smallest absolute Gasteiger partial charge is 0.180 e. The van der Waals surface area contributed by atoms with Crippen molar-refractivity contribution in [2.24, 2.45) is 15.2 Å². The van der Waals surface area contributed by atoms with E-state index in [2.05, 4.69) is 25.3 Å². The third kappa shape index (κ3) is 3.54. The molecule has 2 aromatic heterocycles. The van der Waals surface area contributed by atoms with Crippen molar-refractivity contribution in [3.63, 3.8) is 0 Å². The van der Waals surface area contributed by atoms with Crippen molar-refractivity contribution in [3.05, 3.63) is 66.2 Å². The molecule has 27 heavy (non-hydrogen) atoms. The molecule has 0 bridgehead atoms. The summed E-state index contributed by atoms with van der Waals surface area (Å²) in [6.07, 6.45) is 6.45. The number of benzene rings is 1. The lowest BCUT2D eigenvalue weighted by Gasteiger charge is -2.11. The molecule has 3 aromatic rings. The third-order valence-electron chi connectivity index (χ3n) is 4.09. The van der Waals surface area contributed by atoms with Crippen LogP contribution in [-0.4, -0.2) is 41.9 Å². The lowest BCUT2D eigenvalue weighted by molar-refractivity contribution is 0.601. The van der Waals surface area contributed by atoms with Crippen LogP contribution in [-0.2, 0) is 16.4 Å². The average Bonchev–Trinajstić information content (AvgIpc) is 3.33. The number of azo groups is 1. The van der Waals surface area contributed by atoms with Gasteiger partial charge in [-0.15, -0.1) is 5.11 Å². The van der Waals surface area contributed by atoms with Gasteiger partial charge in [-0.1, -0.05) is 18.2 Å². The van der Waals surface area contributed by atoms with Crippen LogP contribution in [0.15, 0.2) is 75.1 Å². The van der Waals surface area contributed by atoms with Gasteiger partial charge in [0, 0.05) is 29.8 Å². The second-order valence-corrected chi connectivity index (χ2v) is 8.05. The zero-order chi connectivity index (χ0) is 18.9. The van der Waals surface area contributed by atoms with Crippen molar-refractivity contribution in [3.8, 4) is 11.1 Å². The number of nitrogens with zero attached hydrogens (tertiary/aromatic N) is 6. The maximum absolute atomic E-state index is 12.3. The Morgan fingerprint density at radius 3 is 2.74 bits per heavy atom. The second kappa shape index (κ2) is 6.84. The van der Waals surface area contributed by atoms with Crippen LogP contribution in [0.3, 0.4) is 0 Å². The molecule has 0 spiro atoms. The molecule has 136 valence electrons. The highest BCUT2D eigenvalue weighted by Gasteiger charge is 2.23. The normalized spacial score (nSPS) is 13.7. The summed E-state index contributed by atoms with van der Waals surface area (Å²) in [5, 5.41) is 12.3. The molecule has 0 radical (unpaired) electrons. The van der Waals surface area contributed by atoms with Crippen LogP contribution in [0.4, 0.5) is 0 Å². The van der Waals surface area contributed by atoms with Crippen molar-refractivity contribution in [1.82, 2.24) is 14.8 Å². The molecule has 9 heteroatoms. The molecule has 3 heterocycles. The van der Waals surface area contributed by atoms with Crippen LogP contribution in [0.1, 0.15) is 11.3 Å². The molecule has 1 aliphatic heterocycles. The summed E-state index contributed by atoms with van der Waals surface area (Å²) in [4.78, 5) is 8.70.